The van der Waals surface area contributed by atoms with Crippen molar-refractivity contribution in [2.24, 2.45) is 0 Å². The van der Waals surface area contributed by atoms with Crippen molar-refractivity contribution in [3.05, 3.63) is 50.8 Å². The monoisotopic (exact) mass is 327 g/mol. The van der Waals surface area contributed by atoms with E-state index in [1.807, 2.05) is 6.92 Å². The van der Waals surface area contributed by atoms with Gasteiger partial charge in [-0.1, -0.05) is 11.6 Å². The normalized spacial score (nSPS) is 10.4. The number of benzene rings is 1. The van der Waals surface area contributed by atoms with E-state index in [1.54, 1.807) is 31.2 Å². The fraction of sp³-hybridized carbons (Fsp3) is 0.154. The molecule has 0 radical (unpaired) electrons. The van der Waals surface area contributed by atoms with Gasteiger partial charge in [-0.2, -0.15) is 0 Å². The molecule has 0 saturated carbocycles. The first-order valence-corrected chi connectivity index (χ1v) is 6.48. The van der Waals surface area contributed by atoms with Crippen LogP contribution >= 0.6 is 27.5 Å². The number of halogens is 2. The number of hydrogen-bond acceptors (Lipinski definition) is 2. The van der Waals surface area contributed by atoms with Gasteiger partial charge in [0.2, 0.25) is 0 Å². The maximum Gasteiger partial charge on any atom is 0.259 e. The number of carbonyl (C=O) groups excluding carboxylic acids is 1. The molecule has 1 heterocycles. The van der Waals surface area contributed by atoms with Crippen molar-refractivity contribution in [3.63, 3.8) is 0 Å². The van der Waals surface area contributed by atoms with E-state index in [1.165, 1.54) is 0 Å². The molecule has 1 N–H and O–H groups in total. The van der Waals surface area contributed by atoms with Gasteiger partial charge in [0.15, 0.2) is 0 Å². The van der Waals surface area contributed by atoms with E-state index in [0.717, 1.165) is 4.47 Å². The Morgan fingerprint density at radius 3 is 2.61 bits per heavy atom. The van der Waals surface area contributed by atoms with Gasteiger partial charge in [-0.25, -0.2) is 0 Å². The minimum atomic E-state index is -0.202. The minimum absolute atomic E-state index is 0.202. The SMILES string of the molecule is Cc1cc(C(=O)Nc2ccc(Cl)cc2Br)c(C)o1. The molecule has 0 unspecified atom stereocenters. The molecular formula is C13H11BrClNO2. The van der Waals surface area contributed by atoms with Crippen molar-refractivity contribution < 1.29 is 9.21 Å². The molecule has 2 rings (SSSR count). The predicted octanol–water partition coefficient (Wildman–Crippen LogP) is 4.56. The Hall–Kier alpha value is -1.26. The van der Waals surface area contributed by atoms with Gasteiger partial charge in [-0.15, -0.1) is 0 Å². The molecule has 18 heavy (non-hydrogen) atoms. The Morgan fingerprint density at radius 1 is 1.33 bits per heavy atom. The van der Waals surface area contributed by atoms with Gasteiger partial charge in [-0.05, 0) is 54.0 Å². The van der Waals surface area contributed by atoms with E-state index in [0.29, 0.717) is 27.8 Å². The standard InChI is InChI=1S/C13H11BrClNO2/c1-7-5-10(8(2)18-7)13(17)16-12-4-3-9(15)6-11(12)14/h3-6H,1-2H3,(H,16,17). The molecule has 1 amide bonds. The summed E-state index contributed by atoms with van der Waals surface area (Å²) < 4.78 is 6.07. The van der Waals surface area contributed by atoms with Crippen molar-refractivity contribution in [1.29, 1.82) is 0 Å². The maximum atomic E-state index is 12.1. The molecule has 0 fully saturated rings. The summed E-state index contributed by atoms with van der Waals surface area (Å²) in [4.78, 5) is 12.1. The summed E-state index contributed by atoms with van der Waals surface area (Å²) in [7, 11) is 0. The summed E-state index contributed by atoms with van der Waals surface area (Å²) in [5.41, 5.74) is 1.21. The molecule has 1 aromatic heterocycles. The summed E-state index contributed by atoms with van der Waals surface area (Å²) in [5, 5.41) is 3.41. The number of furan rings is 1. The fourth-order valence-corrected chi connectivity index (χ4v) is 2.42. The third-order valence-corrected chi connectivity index (χ3v) is 3.36. The number of anilines is 1. The first-order valence-electron chi connectivity index (χ1n) is 5.31. The van der Waals surface area contributed by atoms with E-state index in [2.05, 4.69) is 21.2 Å². The Balaban J connectivity index is 2.24. The molecule has 5 heteroatoms. The van der Waals surface area contributed by atoms with E-state index < -0.39 is 0 Å². The zero-order chi connectivity index (χ0) is 13.3. The lowest BCUT2D eigenvalue weighted by molar-refractivity contribution is 0.102. The number of nitrogens with one attached hydrogen (secondary N) is 1. The smallest absolute Gasteiger partial charge is 0.259 e. The summed E-state index contributed by atoms with van der Waals surface area (Å²) in [6.45, 7) is 3.57. The third-order valence-electron chi connectivity index (χ3n) is 2.46. The van der Waals surface area contributed by atoms with E-state index in [4.69, 9.17) is 16.0 Å². The van der Waals surface area contributed by atoms with Crippen LogP contribution in [0.1, 0.15) is 21.9 Å². The Morgan fingerprint density at radius 2 is 2.06 bits per heavy atom. The van der Waals surface area contributed by atoms with Crippen LogP contribution in [0.25, 0.3) is 0 Å². The summed E-state index contributed by atoms with van der Waals surface area (Å²) in [5.74, 6) is 1.12. The van der Waals surface area contributed by atoms with Crippen molar-refractivity contribution in [1.82, 2.24) is 0 Å². The second kappa shape index (κ2) is 5.16. The number of hydrogen-bond donors (Lipinski definition) is 1. The second-order valence-corrected chi connectivity index (χ2v) is 5.20. The molecule has 3 nitrogen and oxygen atoms in total. The Labute approximate surface area is 118 Å². The molecule has 0 atom stereocenters. The van der Waals surface area contributed by atoms with Gasteiger partial charge in [0.25, 0.3) is 5.91 Å². The summed E-state index contributed by atoms with van der Waals surface area (Å²) >= 11 is 9.19. The molecule has 94 valence electrons. The summed E-state index contributed by atoms with van der Waals surface area (Å²) in [6.07, 6.45) is 0. The highest BCUT2D eigenvalue weighted by Crippen LogP contribution is 2.26. The molecule has 1 aromatic carbocycles. The number of carbonyl (C=O) groups is 1. The van der Waals surface area contributed by atoms with Crippen molar-refractivity contribution in [2.45, 2.75) is 13.8 Å². The lowest BCUT2D eigenvalue weighted by Gasteiger charge is -2.06. The highest BCUT2D eigenvalue weighted by Gasteiger charge is 2.14. The molecular weight excluding hydrogens is 318 g/mol. The topological polar surface area (TPSA) is 42.2 Å². The van der Waals surface area contributed by atoms with Gasteiger partial charge in [0, 0.05) is 9.50 Å². The van der Waals surface area contributed by atoms with E-state index >= 15 is 0 Å². The fourth-order valence-electron chi connectivity index (χ4n) is 1.64. The van der Waals surface area contributed by atoms with E-state index in [-0.39, 0.29) is 5.91 Å². The lowest BCUT2D eigenvalue weighted by Crippen LogP contribution is -2.12. The third kappa shape index (κ3) is 2.76. The zero-order valence-corrected chi connectivity index (χ0v) is 12.2. The molecule has 0 aliphatic carbocycles. The first kappa shape index (κ1) is 13.2. The second-order valence-electron chi connectivity index (χ2n) is 3.91. The van der Waals surface area contributed by atoms with Crippen LogP contribution in [0.4, 0.5) is 5.69 Å². The van der Waals surface area contributed by atoms with Crippen molar-refractivity contribution >= 4 is 39.1 Å². The molecule has 0 aliphatic heterocycles. The highest BCUT2D eigenvalue weighted by atomic mass is 79.9. The summed E-state index contributed by atoms with van der Waals surface area (Å²) in [6, 6.07) is 6.90. The van der Waals surface area contributed by atoms with Gasteiger partial charge < -0.3 is 9.73 Å². The van der Waals surface area contributed by atoms with Gasteiger partial charge in [0.05, 0.1) is 11.3 Å². The molecule has 0 aliphatic rings. The maximum absolute atomic E-state index is 12.1. The van der Waals surface area contributed by atoms with Crippen molar-refractivity contribution in [2.75, 3.05) is 5.32 Å². The van der Waals surface area contributed by atoms with Crippen LogP contribution in [0, 0.1) is 13.8 Å². The molecule has 2 aromatic rings. The van der Waals surface area contributed by atoms with Crippen LogP contribution < -0.4 is 5.32 Å². The van der Waals surface area contributed by atoms with Gasteiger partial charge in [-0.3, -0.25) is 4.79 Å². The first-order chi connectivity index (χ1) is 8.47. The highest BCUT2D eigenvalue weighted by molar-refractivity contribution is 9.10. The molecule has 0 saturated heterocycles. The van der Waals surface area contributed by atoms with Crippen molar-refractivity contribution in [3.8, 4) is 0 Å². The Bertz CT molecular complexity index is 607. The van der Waals surface area contributed by atoms with Gasteiger partial charge in [0.1, 0.15) is 11.5 Å². The number of aryl methyl sites for hydroxylation is 2. The van der Waals surface area contributed by atoms with E-state index in [9.17, 15) is 4.79 Å². The number of amides is 1. The van der Waals surface area contributed by atoms with Crippen LogP contribution in [0.3, 0.4) is 0 Å². The molecule has 0 bridgehead atoms. The van der Waals surface area contributed by atoms with Crippen LogP contribution in [0.15, 0.2) is 33.2 Å². The lowest BCUT2D eigenvalue weighted by atomic mass is 10.2. The number of rotatable bonds is 2. The van der Waals surface area contributed by atoms with Gasteiger partial charge >= 0.3 is 0 Å². The average Bonchev–Trinajstić information content (AvgIpc) is 2.62. The minimum Gasteiger partial charge on any atom is -0.466 e. The largest absolute Gasteiger partial charge is 0.466 e. The quantitative estimate of drug-likeness (QED) is 0.877. The predicted molar refractivity (Wildman–Crippen MR) is 75.3 cm³/mol. The zero-order valence-electron chi connectivity index (χ0n) is 9.88. The Kier molecular flexibility index (Phi) is 3.78. The molecule has 0 spiro atoms. The van der Waals surface area contributed by atoms with Crippen LogP contribution in [0.2, 0.25) is 5.02 Å². The average molecular weight is 329 g/mol. The van der Waals surface area contributed by atoms with Crippen LogP contribution in [0.5, 0.6) is 0 Å². The van der Waals surface area contributed by atoms with Crippen LogP contribution in [-0.2, 0) is 0 Å². The van der Waals surface area contributed by atoms with Crippen LogP contribution in [-0.4, -0.2) is 5.91 Å².